The minimum absolute atomic E-state index is 0.107. The molecule has 0 atom stereocenters. The highest BCUT2D eigenvalue weighted by Gasteiger charge is 2.13. The molecular formula is C13H15ClFN3S. The lowest BCUT2D eigenvalue weighted by Crippen LogP contribution is -2.24. The van der Waals surface area contributed by atoms with Gasteiger partial charge in [0.05, 0.1) is 5.02 Å². The van der Waals surface area contributed by atoms with Crippen molar-refractivity contribution in [3.8, 4) is 10.6 Å². The highest BCUT2D eigenvalue weighted by atomic mass is 35.5. The van der Waals surface area contributed by atoms with E-state index in [-0.39, 0.29) is 5.02 Å². The zero-order valence-corrected chi connectivity index (χ0v) is 12.4. The van der Waals surface area contributed by atoms with Crippen LogP contribution in [0.15, 0.2) is 18.2 Å². The smallest absolute Gasteiger partial charge is 0.152 e. The van der Waals surface area contributed by atoms with Gasteiger partial charge in [0.2, 0.25) is 0 Å². The van der Waals surface area contributed by atoms with Crippen molar-refractivity contribution in [2.75, 3.05) is 6.54 Å². The Labute approximate surface area is 120 Å². The SMILES string of the molecule is CC(C)NCCc1nnc(-c2cccc(Cl)c2F)s1. The zero-order valence-electron chi connectivity index (χ0n) is 10.8. The van der Waals surface area contributed by atoms with Crippen LogP contribution in [0.2, 0.25) is 5.02 Å². The second kappa shape index (κ2) is 6.41. The second-order valence-electron chi connectivity index (χ2n) is 4.46. The molecule has 0 bridgehead atoms. The molecule has 1 N–H and O–H groups in total. The Morgan fingerprint density at radius 1 is 1.37 bits per heavy atom. The molecule has 2 aromatic rings. The quantitative estimate of drug-likeness (QED) is 0.917. The van der Waals surface area contributed by atoms with E-state index in [0.29, 0.717) is 16.6 Å². The van der Waals surface area contributed by atoms with Gasteiger partial charge in [-0.2, -0.15) is 0 Å². The van der Waals surface area contributed by atoms with Crippen LogP contribution in [0.3, 0.4) is 0 Å². The van der Waals surface area contributed by atoms with Crippen molar-refractivity contribution in [2.24, 2.45) is 0 Å². The van der Waals surface area contributed by atoms with Crippen LogP contribution >= 0.6 is 22.9 Å². The predicted octanol–water partition coefficient (Wildman–Crippen LogP) is 3.54. The van der Waals surface area contributed by atoms with Gasteiger partial charge in [0, 0.05) is 24.6 Å². The van der Waals surface area contributed by atoms with Crippen molar-refractivity contribution in [1.29, 1.82) is 0 Å². The molecule has 1 aromatic heterocycles. The van der Waals surface area contributed by atoms with E-state index in [1.807, 2.05) is 0 Å². The maximum absolute atomic E-state index is 13.8. The van der Waals surface area contributed by atoms with Gasteiger partial charge in [0.1, 0.15) is 5.01 Å². The van der Waals surface area contributed by atoms with Gasteiger partial charge in [-0.05, 0) is 12.1 Å². The van der Waals surface area contributed by atoms with Crippen molar-refractivity contribution in [3.63, 3.8) is 0 Å². The number of halogens is 2. The number of nitrogens with one attached hydrogen (secondary N) is 1. The van der Waals surface area contributed by atoms with Crippen LogP contribution in [0, 0.1) is 5.82 Å². The summed E-state index contributed by atoms with van der Waals surface area (Å²) in [5, 5.41) is 13.0. The molecule has 2 rings (SSSR count). The van der Waals surface area contributed by atoms with E-state index >= 15 is 0 Å². The van der Waals surface area contributed by atoms with Gasteiger partial charge in [-0.25, -0.2) is 4.39 Å². The first-order valence-corrected chi connectivity index (χ1v) is 7.27. The van der Waals surface area contributed by atoms with Crippen molar-refractivity contribution in [2.45, 2.75) is 26.3 Å². The number of hydrogen-bond donors (Lipinski definition) is 1. The van der Waals surface area contributed by atoms with Crippen LogP contribution in [0.1, 0.15) is 18.9 Å². The standard InChI is InChI=1S/C13H15ClFN3S/c1-8(2)16-7-6-11-17-18-13(19-11)9-4-3-5-10(14)12(9)15/h3-5,8,16H,6-7H2,1-2H3. The number of benzene rings is 1. The Hall–Kier alpha value is -1.04. The van der Waals surface area contributed by atoms with Gasteiger partial charge in [0.25, 0.3) is 0 Å². The van der Waals surface area contributed by atoms with E-state index in [4.69, 9.17) is 11.6 Å². The summed E-state index contributed by atoms with van der Waals surface area (Å²) in [4.78, 5) is 0. The summed E-state index contributed by atoms with van der Waals surface area (Å²) in [6.45, 7) is 5.02. The van der Waals surface area contributed by atoms with Gasteiger partial charge in [-0.15, -0.1) is 10.2 Å². The van der Waals surface area contributed by atoms with Crippen LogP contribution in [0.25, 0.3) is 10.6 Å². The summed E-state index contributed by atoms with van der Waals surface area (Å²) in [5.74, 6) is -0.438. The van der Waals surface area contributed by atoms with Crippen molar-refractivity contribution in [1.82, 2.24) is 15.5 Å². The minimum atomic E-state index is -0.438. The molecule has 0 saturated heterocycles. The Morgan fingerprint density at radius 3 is 2.89 bits per heavy atom. The number of aromatic nitrogens is 2. The molecule has 6 heteroatoms. The molecule has 3 nitrogen and oxygen atoms in total. The van der Waals surface area contributed by atoms with Crippen LogP contribution in [-0.4, -0.2) is 22.8 Å². The fraction of sp³-hybridized carbons (Fsp3) is 0.385. The highest BCUT2D eigenvalue weighted by molar-refractivity contribution is 7.14. The molecule has 19 heavy (non-hydrogen) atoms. The van der Waals surface area contributed by atoms with Crippen molar-refractivity contribution in [3.05, 3.63) is 34.0 Å². The summed E-state index contributed by atoms with van der Waals surface area (Å²) < 4.78 is 13.8. The summed E-state index contributed by atoms with van der Waals surface area (Å²) >= 11 is 7.16. The van der Waals surface area contributed by atoms with Gasteiger partial charge in [0.15, 0.2) is 10.8 Å². The molecule has 0 amide bonds. The summed E-state index contributed by atoms with van der Waals surface area (Å²) in [6.07, 6.45) is 0.790. The molecule has 1 heterocycles. The van der Waals surface area contributed by atoms with Crippen molar-refractivity contribution < 1.29 is 4.39 Å². The minimum Gasteiger partial charge on any atom is -0.314 e. The van der Waals surface area contributed by atoms with Crippen molar-refractivity contribution >= 4 is 22.9 Å². The molecule has 102 valence electrons. The molecule has 0 saturated carbocycles. The molecule has 0 aliphatic rings. The van der Waals surface area contributed by atoms with Gasteiger partial charge < -0.3 is 5.32 Å². The zero-order chi connectivity index (χ0) is 13.8. The summed E-state index contributed by atoms with van der Waals surface area (Å²) in [5.41, 5.74) is 0.410. The van der Waals surface area contributed by atoms with E-state index < -0.39 is 5.82 Å². The normalized spacial score (nSPS) is 11.2. The fourth-order valence-electron chi connectivity index (χ4n) is 1.60. The summed E-state index contributed by atoms with van der Waals surface area (Å²) in [6, 6.07) is 5.34. The lowest BCUT2D eigenvalue weighted by atomic mass is 10.2. The van der Waals surface area contributed by atoms with Gasteiger partial charge in [-0.1, -0.05) is 42.9 Å². The lowest BCUT2D eigenvalue weighted by molar-refractivity contribution is 0.588. The maximum Gasteiger partial charge on any atom is 0.152 e. The first-order valence-electron chi connectivity index (χ1n) is 6.08. The molecule has 0 unspecified atom stereocenters. The van der Waals surface area contributed by atoms with Gasteiger partial charge in [-0.3, -0.25) is 0 Å². The first-order chi connectivity index (χ1) is 9.08. The molecule has 1 aromatic carbocycles. The average molecular weight is 300 g/mol. The molecule has 0 aliphatic heterocycles. The predicted molar refractivity (Wildman–Crippen MR) is 77.2 cm³/mol. The Kier molecular flexibility index (Phi) is 4.85. The summed E-state index contributed by atoms with van der Waals surface area (Å²) in [7, 11) is 0. The Bertz CT molecular complexity index is 557. The Morgan fingerprint density at radius 2 is 2.16 bits per heavy atom. The monoisotopic (exact) mass is 299 g/mol. The molecule has 0 spiro atoms. The van der Waals surface area contributed by atoms with E-state index in [2.05, 4.69) is 29.4 Å². The van der Waals surface area contributed by atoms with Crippen LogP contribution < -0.4 is 5.32 Å². The van der Waals surface area contributed by atoms with E-state index in [0.717, 1.165) is 18.0 Å². The van der Waals surface area contributed by atoms with Crippen LogP contribution in [0.4, 0.5) is 4.39 Å². The largest absolute Gasteiger partial charge is 0.314 e. The number of hydrogen-bond acceptors (Lipinski definition) is 4. The number of rotatable bonds is 5. The lowest BCUT2D eigenvalue weighted by Gasteiger charge is -2.05. The number of nitrogens with zero attached hydrogens (tertiary/aromatic N) is 2. The Balaban J connectivity index is 2.10. The third-order valence-corrected chi connectivity index (χ3v) is 3.85. The van der Waals surface area contributed by atoms with E-state index in [9.17, 15) is 4.39 Å². The van der Waals surface area contributed by atoms with Crippen LogP contribution in [0.5, 0.6) is 0 Å². The molecular weight excluding hydrogens is 285 g/mol. The van der Waals surface area contributed by atoms with E-state index in [1.54, 1.807) is 12.1 Å². The third kappa shape index (κ3) is 3.72. The molecule has 0 radical (unpaired) electrons. The third-order valence-electron chi connectivity index (χ3n) is 2.54. The van der Waals surface area contributed by atoms with Crippen LogP contribution in [-0.2, 0) is 6.42 Å². The average Bonchev–Trinajstić information content (AvgIpc) is 2.81. The molecule has 0 fully saturated rings. The fourth-order valence-corrected chi connectivity index (χ4v) is 2.63. The van der Waals surface area contributed by atoms with Gasteiger partial charge >= 0.3 is 0 Å². The molecule has 0 aliphatic carbocycles. The second-order valence-corrected chi connectivity index (χ2v) is 5.93. The maximum atomic E-state index is 13.8. The van der Waals surface area contributed by atoms with E-state index in [1.165, 1.54) is 17.4 Å². The topological polar surface area (TPSA) is 37.8 Å². The highest BCUT2D eigenvalue weighted by Crippen LogP contribution is 2.29. The first kappa shape index (κ1) is 14.4.